The minimum Gasteiger partial charge on any atom is -0.383 e. The number of nitrogens with one attached hydrogen (secondary N) is 1. The molecule has 0 bridgehead atoms. The molecule has 0 saturated heterocycles. The van der Waals surface area contributed by atoms with E-state index in [1.54, 1.807) is 11.6 Å². The van der Waals surface area contributed by atoms with Crippen molar-refractivity contribution >= 4 is 34.0 Å². The molecule has 0 aliphatic heterocycles. The summed E-state index contributed by atoms with van der Waals surface area (Å²) in [6.07, 6.45) is 4.90. The molecule has 4 heterocycles. The Morgan fingerprint density at radius 1 is 1.04 bits per heavy atom. The van der Waals surface area contributed by atoms with Gasteiger partial charge in [-0.15, -0.1) is 0 Å². The molecule has 0 spiro atoms. The van der Waals surface area contributed by atoms with Crippen LogP contribution in [0.1, 0.15) is 13.8 Å². The minimum atomic E-state index is -0.307. The molecule has 10 nitrogen and oxygen atoms in total. The fraction of sp³-hybridized carbons (Fsp3) is 0.267. The second-order valence-electron chi connectivity index (χ2n) is 4.90. The zero-order valence-corrected chi connectivity index (χ0v) is 14.6. The number of hydrogen-bond donors (Lipinski definition) is 3. The van der Waals surface area contributed by atoms with Gasteiger partial charge in [0.05, 0.1) is 11.7 Å². The highest BCUT2D eigenvalue weighted by Crippen LogP contribution is 2.15. The monoisotopic (exact) mass is 343 g/mol. The highest BCUT2D eigenvalue weighted by atomic mass is 16.1. The Morgan fingerprint density at radius 3 is 2.44 bits per heavy atom. The van der Waals surface area contributed by atoms with E-state index in [-0.39, 0.29) is 11.5 Å². The summed E-state index contributed by atoms with van der Waals surface area (Å²) in [5.74, 6) is 0.645. The minimum absolute atomic E-state index is 0.108. The van der Waals surface area contributed by atoms with Crippen LogP contribution >= 0.6 is 0 Å². The van der Waals surface area contributed by atoms with Crippen LogP contribution in [0.5, 0.6) is 0 Å². The van der Waals surface area contributed by atoms with E-state index in [0.717, 1.165) is 11.0 Å². The molecule has 0 aromatic carbocycles. The van der Waals surface area contributed by atoms with Crippen molar-refractivity contribution in [3.05, 3.63) is 35.3 Å². The number of H-pyrrole nitrogens is 1. The molecule has 132 valence electrons. The predicted molar refractivity (Wildman–Crippen MR) is 97.8 cm³/mol. The van der Waals surface area contributed by atoms with Crippen LogP contribution in [-0.2, 0) is 14.1 Å². The van der Waals surface area contributed by atoms with Crippen LogP contribution in [0.4, 0.5) is 11.8 Å². The van der Waals surface area contributed by atoms with Gasteiger partial charge in [0.25, 0.3) is 5.56 Å². The van der Waals surface area contributed by atoms with Crippen molar-refractivity contribution in [2.24, 2.45) is 14.1 Å². The smallest absolute Gasteiger partial charge is 0.280 e. The lowest BCUT2D eigenvalue weighted by Gasteiger charge is -1.94. The zero-order chi connectivity index (χ0) is 18.6. The lowest BCUT2D eigenvalue weighted by Crippen LogP contribution is -2.11. The summed E-state index contributed by atoms with van der Waals surface area (Å²) in [5.41, 5.74) is 12.3. The zero-order valence-electron chi connectivity index (χ0n) is 14.6. The average molecular weight is 343 g/mol. The standard InChI is InChI=1S/C7H8N4.C6H7N5O.C2H6/c1-11-3-2-5-6(8)9-4-10-7(5)11;1-11-2-8-3-4(11)9-6(7)10-5(3)12;1-2/h2-4H,1H3,(H2,8,9,10);2H,1H3,(H3,7,9,10,12);1-2H3. The molecule has 10 heteroatoms. The Bertz CT molecular complexity index is 1040. The van der Waals surface area contributed by atoms with Gasteiger partial charge in [0.1, 0.15) is 17.8 Å². The summed E-state index contributed by atoms with van der Waals surface area (Å²) in [5, 5.41) is 0.912. The molecule has 0 aliphatic rings. The highest BCUT2D eigenvalue weighted by molar-refractivity contribution is 5.85. The van der Waals surface area contributed by atoms with Crippen LogP contribution in [0.25, 0.3) is 22.2 Å². The number of aromatic amines is 1. The van der Waals surface area contributed by atoms with E-state index >= 15 is 0 Å². The largest absolute Gasteiger partial charge is 0.383 e. The van der Waals surface area contributed by atoms with E-state index in [9.17, 15) is 4.79 Å². The number of imidazole rings is 1. The highest BCUT2D eigenvalue weighted by Gasteiger charge is 2.05. The number of anilines is 2. The van der Waals surface area contributed by atoms with E-state index in [0.29, 0.717) is 17.0 Å². The van der Waals surface area contributed by atoms with Crippen molar-refractivity contribution in [3.8, 4) is 0 Å². The van der Waals surface area contributed by atoms with Crippen molar-refractivity contribution in [2.75, 3.05) is 11.5 Å². The fourth-order valence-corrected chi connectivity index (χ4v) is 2.13. The molecular weight excluding hydrogens is 322 g/mol. The summed E-state index contributed by atoms with van der Waals surface area (Å²) in [6, 6.07) is 1.91. The van der Waals surface area contributed by atoms with Gasteiger partial charge < -0.3 is 20.6 Å². The Morgan fingerprint density at radius 2 is 1.76 bits per heavy atom. The molecule has 0 aliphatic carbocycles. The molecule has 0 saturated carbocycles. The Labute approximate surface area is 143 Å². The van der Waals surface area contributed by atoms with Crippen LogP contribution in [0.2, 0.25) is 0 Å². The van der Waals surface area contributed by atoms with Gasteiger partial charge in [-0.25, -0.2) is 15.0 Å². The number of rotatable bonds is 0. The van der Waals surface area contributed by atoms with Crippen LogP contribution < -0.4 is 17.0 Å². The summed E-state index contributed by atoms with van der Waals surface area (Å²) >= 11 is 0. The van der Waals surface area contributed by atoms with Crippen molar-refractivity contribution in [2.45, 2.75) is 13.8 Å². The van der Waals surface area contributed by atoms with Crippen LogP contribution in [0, 0.1) is 0 Å². The van der Waals surface area contributed by atoms with E-state index in [4.69, 9.17) is 11.5 Å². The maximum atomic E-state index is 11.2. The molecule has 0 unspecified atom stereocenters. The molecule has 4 aromatic rings. The number of aromatic nitrogens is 7. The molecule has 0 radical (unpaired) electrons. The number of nitrogens with zero attached hydrogens (tertiary/aromatic N) is 6. The second-order valence-corrected chi connectivity index (χ2v) is 4.90. The molecule has 4 rings (SSSR count). The van der Waals surface area contributed by atoms with E-state index in [1.165, 1.54) is 12.7 Å². The quantitative estimate of drug-likeness (QED) is 0.428. The average Bonchev–Trinajstić information content (AvgIpc) is 3.15. The first kappa shape index (κ1) is 17.9. The van der Waals surface area contributed by atoms with Gasteiger partial charge in [-0.2, -0.15) is 4.98 Å². The molecule has 25 heavy (non-hydrogen) atoms. The van der Waals surface area contributed by atoms with Crippen LogP contribution in [-0.4, -0.2) is 34.1 Å². The number of hydrogen-bond acceptors (Lipinski definition) is 7. The molecule has 5 N–H and O–H groups in total. The fourth-order valence-electron chi connectivity index (χ4n) is 2.13. The number of nitrogens with two attached hydrogens (primary N) is 2. The van der Waals surface area contributed by atoms with Crippen LogP contribution in [0.3, 0.4) is 0 Å². The summed E-state index contributed by atoms with van der Waals surface area (Å²) in [6.45, 7) is 4.00. The number of fused-ring (bicyclic) bond motifs is 2. The van der Waals surface area contributed by atoms with Gasteiger partial charge in [-0.3, -0.25) is 9.78 Å². The summed E-state index contributed by atoms with van der Waals surface area (Å²) in [4.78, 5) is 29.2. The third-order valence-corrected chi connectivity index (χ3v) is 3.28. The van der Waals surface area contributed by atoms with Crippen molar-refractivity contribution in [1.29, 1.82) is 0 Å². The Hall–Kier alpha value is -3.43. The SMILES string of the molecule is CC.Cn1ccc2c(N)ncnc21.Cn1cnc2c(=O)[nH]c(N)nc21. The van der Waals surface area contributed by atoms with Gasteiger partial charge in [0.2, 0.25) is 5.95 Å². The first-order valence-corrected chi connectivity index (χ1v) is 7.65. The van der Waals surface area contributed by atoms with Crippen molar-refractivity contribution in [1.82, 2.24) is 34.1 Å². The summed E-state index contributed by atoms with van der Waals surface area (Å²) < 4.78 is 3.55. The summed E-state index contributed by atoms with van der Waals surface area (Å²) in [7, 11) is 3.68. The van der Waals surface area contributed by atoms with Gasteiger partial charge >= 0.3 is 0 Å². The van der Waals surface area contributed by atoms with Crippen molar-refractivity contribution in [3.63, 3.8) is 0 Å². The maximum Gasteiger partial charge on any atom is 0.280 e. The molecule has 0 fully saturated rings. The lowest BCUT2D eigenvalue weighted by atomic mass is 10.4. The van der Waals surface area contributed by atoms with Gasteiger partial charge in [-0.05, 0) is 6.07 Å². The first-order chi connectivity index (χ1) is 12.0. The predicted octanol–water partition coefficient (Wildman–Crippen LogP) is 0.815. The normalized spacial score (nSPS) is 10.1. The Kier molecular flexibility index (Phi) is 5.32. The van der Waals surface area contributed by atoms with Crippen molar-refractivity contribution < 1.29 is 0 Å². The third kappa shape index (κ3) is 3.57. The van der Waals surface area contributed by atoms with E-state index in [2.05, 4.69) is 24.9 Å². The maximum absolute atomic E-state index is 11.2. The topological polar surface area (TPSA) is 146 Å². The molecule has 0 atom stereocenters. The number of nitrogen functional groups attached to an aromatic ring is 2. The van der Waals surface area contributed by atoms with Gasteiger partial charge in [0.15, 0.2) is 11.2 Å². The number of aryl methyl sites for hydroxylation is 2. The van der Waals surface area contributed by atoms with E-state index in [1.807, 2.05) is 37.7 Å². The lowest BCUT2D eigenvalue weighted by molar-refractivity contribution is 0.929. The third-order valence-electron chi connectivity index (χ3n) is 3.28. The van der Waals surface area contributed by atoms with Gasteiger partial charge in [-0.1, -0.05) is 13.8 Å². The molecule has 0 amide bonds. The van der Waals surface area contributed by atoms with E-state index < -0.39 is 0 Å². The van der Waals surface area contributed by atoms with Crippen LogP contribution in [0.15, 0.2) is 29.7 Å². The molecule has 4 aromatic heterocycles. The second kappa shape index (κ2) is 7.43. The molecular formula is C15H21N9O. The first-order valence-electron chi connectivity index (χ1n) is 7.65. The van der Waals surface area contributed by atoms with Gasteiger partial charge in [0, 0.05) is 20.3 Å². The Balaban J connectivity index is 0.000000165.